The highest BCUT2D eigenvalue weighted by Gasteiger charge is 2.08. The van der Waals surface area contributed by atoms with Crippen LogP contribution in [0.15, 0.2) is 42.1 Å². The summed E-state index contributed by atoms with van der Waals surface area (Å²) in [6, 6.07) is 10.0. The van der Waals surface area contributed by atoms with Crippen molar-refractivity contribution in [2.24, 2.45) is 5.92 Å². The fourth-order valence-corrected chi connectivity index (χ4v) is 1.42. The fourth-order valence-electron chi connectivity index (χ4n) is 1.42. The first-order valence-electron chi connectivity index (χ1n) is 6.00. The summed E-state index contributed by atoms with van der Waals surface area (Å²) in [7, 11) is 0. The van der Waals surface area contributed by atoms with Crippen LogP contribution in [0.4, 0.5) is 0 Å². The molecule has 1 aromatic rings. The van der Waals surface area contributed by atoms with E-state index < -0.39 is 0 Å². The van der Waals surface area contributed by atoms with Gasteiger partial charge in [0.25, 0.3) is 0 Å². The number of nitrogens with zero attached hydrogens (tertiary/aromatic N) is 1. The Morgan fingerprint density at radius 1 is 1.24 bits per heavy atom. The topological polar surface area (TPSA) is 20.3 Å². The Kier molecular flexibility index (Phi) is 4.95. The van der Waals surface area contributed by atoms with Crippen LogP contribution in [0.3, 0.4) is 0 Å². The molecule has 0 unspecified atom stereocenters. The number of hydrogen-bond donors (Lipinski definition) is 0. The molecule has 0 aromatic heterocycles. The van der Waals surface area contributed by atoms with Crippen LogP contribution in [-0.4, -0.2) is 10.8 Å². The molecular formula is C15H21NO. The molecule has 0 aliphatic carbocycles. The molecule has 0 spiro atoms. The Morgan fingerprint density at radius 3 is 2.29 bits per heavy atom. The summed E-state index contributed by atoms with van der Waals surface area (Å²) < 4.78 is 0. The van der Waals surface area contributed by atoms with Crippen molar-refractivity contribution in [3.05, 3.63) is 47.7 Å². The monoisotopic (exact) mass is 231 g/mol. The largest absolute Gasteiger partial charge is 0.315 e. The van der Waals surface area contributed by atoms with Crippen LogP contribution in [0.1, 0.15) is 33.3 Å². The Balaban J connectivity index is 2.82. The van der Waals surface area contributed by atoms with E-state index in [9.17, 15) is 4.79 Å². The number of benzene rings is 1. The first kappa shape index (κ1) is 13.5. The van der Waals surface area contributed by atoms with Crippen LogP contribution >= 0.6 is 0 Å². The lowest BCUT2D eigenvalue weighted by molar-refractivity contribution is -0.126. The molecule has 1 aromatic carbocycles. The van der Waals surface area contributed by atoms with Gasteiger partial charge in [-0.2, -0.15) is 0 Å². The van der Waals surface area contributed by atoms with E-state index in [0.717, 1.165) is 5.56 Å². The maximum Gasteiger partial charge on any atom is 0.223 e. The van der Waals surface area contributed by atoms with Gasteiger partial charge >= 0.3 is 0 Å². The molecule has 1 amide bonds. The van der Waals surface area contributed by atoms with E-state index in [1.54, 1.807) is 11.8 Å². The summed E-state index contributed by atoms with van der Waals surface area (Å²) in [5, 5.41) is 0. The second-order valence-corrected chi connectivity index (χ2v) is 4.66. The van der Waals surface area contributed by atoms with Crippen molar-refractivity contribution < 1.29 is 4.79 Å². The van der Waals surface area contributed by atoms with E-state index in [1.807, 2.05) is 36.5 Å². The maximum atomic E-state index is 11.6. The summed E-state index contributed by atoms with van der Waals surface area (Å²) in [5.41, 5.74) is 2.37. The van der Waals surface area contributed by atoms with Gasteiger partial charge in [-0.05, 0) is 18.4 Å². The van der Waals surface area contributed by atoms with Gasteiger partial charge in [-0.3, -0.25) is 4.79 Å². The van der Waals surface area contributed by atoms with E-state index in [-0.39, 0.29) is 5.91 Å². The quantitative estimate of drug-likeness (QED) is 0.775. The third-order valence-electron chi connectivity index (χ3n) is 2.87. The highest BCUT2D eigenvalue weighted by molar-refractivity contribution is 5.74. The van der Waals surface area contributed by atoms with Crippen molar-refractivity contribution in [1.29, 1.82) is 0 Å². The van der Waals surface area contributed by atoms with Crippen LogP contribution in [0.5, 0.6) is 0 Å². The molecule has 0 aliphatic heterocycles. The van der Waals surface area contributed by atoms with E-state index in [1.165, 1.54) is 5.57 Å². The molecule has 0 N–H and O–H groups in total. The van der Waals surface area contributed by atoms with Gasteiger partial charge in [-0.1, -0.05) is 49.8 Å². The number of carbonyl (C=O) groups excluding carboxylic acids is 1. The van der Waals surface area contributed by atoms with Crippen molar-refractivity contribution in [2.45, 2.75) is 34.2 Å². The summed E-state index contributed by atoms with van der Waals surface area (Å²) in [5.74, 6) is 0.543. The molecule has 0 radical (unpaired) electrons. The maximum absolute atomic E-state index is 11.6. The van der Waals surface area contributed by atoms with Gasteiger partial charge in [0, 0.05) is 13.1 Å². The van der Waals surface area contributed by atoms with Gasteiger partial charge in [0.1, 0.15) is 0 Å². The minimum Gasteiger partial charge on any atom is -0.315 e. The lowest BCUT2D eigenvalue weighted by Gasteiger charge is -2.19. The minimum absolute atomic E-state index is 0.0776. The number of allylic oxidation sites excluding steroid dienone is 1. The Labute approximate surface area is 104 Å². The van der Waals surface area contributed by atoms with Crippen LogP contribution in [-0.2, 0) is 11.3 Å². The normalized spacial score (nSPS) is 11.7. The highest BCUT2D eigenvalue weighted by Crippen LogP contribution is 2.12. The summed E-state index contributed by atoms with van der Waals surface area (Å²) in [6.45, 7) is 8.57. The molecule has 0 saturated carbocycles. The van der Waals surface area contributed by atoms with Gasteiger partial charge in [0.2, 0.25) is 5.91 Å². The number of carbonyl (C=O) groups is 1. The van der Waals surface area contributed by atoms with Crippen LogP contribution in [0, 0.1) is 5.92 Å². The minimum atomic E-state index is 0.0776. The van der Waals surface area contributed by atoms with Gasteiger partial charge in [0.15, 0.2) is 0 Å². The zero-order valence-electron chi connectivity index (χ0n) is 11.1. The van der Waals surface area contributed by atoms with E-state index >= 15 is 0 Å². The predicted octanol–water partition coefficient (Wildman–Crippen LogP) is 3.59. The van der Waals surface area contributed by atoms with Crippen LogP contribution in [0.25, 0.3) is 0 Å². The molecule has 0 bridgehead atoms. The molecule has 0 saturated heterocycles. The smallest absolute Gasteiger partial charge is 0.223 e. The second kappa shape index (κ2) is 6.24. The summed E-state index contributed by atoms with van der Waals surface area (Å²) in [4.78, 5) is 13.4. The van der Waals surface area contributed by atoms with E-state index in [4.69, 9.17) is 0 Å². The lowest BCUT2D eigenvalue weighted by Crippen LogP contribution is -2.23. The average molecular weight is 231 g/mol. The first-order valence-corrected chi connectivity index (χ1v) is 6.00. The summed E-state index contributed by atoms with van der Waals surface area (Å²) >= 11 is 0. The van der Waals surface area contributed by atoms with E-state index in [0.29, 0.717) is 12.5 Å². The Morgan fingerprint density at radius 2 is 1.82 bits per heavy atom. The molecule has 2 heteroatoms. The Bertz CT molecular complexity index is 393. The zero-order valence-corrected chi connectivity index (χ0v) is 11.1. The highest BCUT2D eigenvalue weighted by atomic mass is 16.2. The molecule has 2 nitrogen and oxygen atoms in total. The van der Waals surface area contributed by atoms with Crippen LogP contribution < -0.4 is 0 Å². The SMILES string of the molecule is CC(=O)N(C=C(C)C(C)C)Cc1ccccc1. The first-order chi connectivity index (χ1) is 8.00. The van der Waals surface area contributed by atoms with E-state index in [2.05, 4.69) is 20.8 Å². The fraction of sp³-hybridized carbons (Fsp3) is 0.400. The summed E-state index contributed by atoms with van der Waals surface area (Å²) in [6.07, 6.45) is 1.96. The van der Waals surface area contributed by atoms with Crippen molar-refractivity contribution in [3.8, 4) is 0 Å². The number of hydrogen-bond acceptors (Lipinski definition) is 1. The molecule has 0 atom stereocenters. The molecule has 17 heavy (non-hydrogen) atoms. The van der Waals surface area contributed by atoms with Crippen molar-refractivity contribution in [1.82, 2.24) is 4.90 Å². The van der Waals surface area contributed by atoms with Crippen molar-refractivity contribution in [3.63, 3.8) is 0 Å². The standard InChI is InChI=1S/C15H21NO/c1-12(2)13(3)10-16(14(4)17)11-15-8-6-5-7-9-15/h5-10,12H,11H2,1-4H3. The zero-order chi connectivity index (χ0) is 12.8. The third kappa shape index (κ3) is 4.43. The number of rotatable bonds is 4. The second-order valence-electron chi connectivity index (χ2n) is 4.66. The molecule has 0 fully saturated rings. The van der Waals surface area contributed by atoms with Gasteiger partial charge < -0.3 is 4.90 Å². The lowest BCUT2D eigenvalue weighted by atomic mass is 10.1. The van der Waals surface area contributed by atoms with Crippen molar-refractivity contribution in [2.75, 3.05) is 0 Å². The number of amides is 1. The van der Waals surface area contributed by atoms with Crippen molar-refractivity contribution >= 4 is 5.91 Å². The molecule has 1 rings (SSSR count). The van der Waals surface area contributed by atoms with Gasteiger partial charge in [0.05, 0.1) is 6.54 Å². The molecule has 92 valence electrons. The predicted molar refractivity (Wildman–Crippen MR) is 71.3 cm³/mol. The molecule has 0 aliphatic rings. The van der Waals surface area contributed by atoms with Crippen LogP contribution in [0.2, 0.25) is 0 Å². The van der Waals surface area contributed by atoms with Gasteiger partial charge in [-0.15, -0.1) is 0 Å². The van der Waals surface area contributed by atoms with Gasteiger partial charge in [-0.25, -0.2) is 0 Å². The third-order valence-corrected chi connectivity index (χ3v) is 2.87. The molecule has 0 heterocycles. The molecular weight excluding hydrogens is 210 g/mol. The average Bonchev–Trinajstić information content (AvgIpc) is 2.29. The Hall–Kier alpha value is -1.57.